The predicted octanol–water partition coefficient (Wildman–Crippen LogP) is 3.22. The van der Waals surface area contributed by atoms with Gasteiger partial charge in [0.05, 0.1) is 6.54 Å². The zero-order valence-corrected chi connectivity index (χ0v) is 20.0. The van der Waals surface area contributed by atoms with Crippen LogP contribution in [0, 0.1) is 6.92 Å². The molecule has 0 bridgehead atoms. The van der Waals surface area contributed by atoms with Crippen LogP contribution in [0.4, 0.5) is 0 Å². The first kappa shape index (κ1) is 22.9. The maximum atomic E-state index is 5.44. The van der Waals surface area contributed by atoms with Crippen molar-refractivity contribution < 1.29 is 9.47 Å². The minimum absolute atomic E-state index is 0. The monoisotopic (exact) mass is 534 g/mol. The van der Waals surface area contributed by atoms with Gasteiger partial charge in [0.1, 0.15) is 11.6 Å². The zero-order chi connectivity index (χ0) is 20.8. The van der Waals surface area contributed by atoms with Crippen LogP contribution in [0.3, 0.4) is 0 Å². The Morgan fingerprint density at radius 3 is 2.68 bits per heavy atom. The SMILES string of the molecule is CCNC(=NCc1ccc(-n2ccnc2C)nc1)NCCc1ccc2c(c1)OCO2.I. The van der Waals surface area contributed by atoms with Crippen molar-refractivity contribution in [3.63, 3.8) is 0 Å². The Labute approximate surface area is 199 Å². The Morgan fingerprint density at radius 2 is 1.94 bits per heavy atom. The molecule has 3 heterocycles. The van der Waals surface area contributed by atoms with E-state index in [1.54, 1.807) is 6.20 Å². The summed E-state index contributed by atoms with van der Waals surface area (Å²) in [6.07, 6.45) is 6.39. The lowest BCUT2D eigenvalue weighted by molar-refractivity contribution is 0.174. The molecule has 0 amide bonds. The molecule has 164 valence electrons. The number of nitrogens with one attached hydrogen (secondary N) is 2. The van der Waals surface area contributed by atoms with E-state index in [0.29, 0.717) is 13.3 Å². The average Bonchev–Trinajstić information content (AvgIpc) is 3.41. The lowest BCUT2D eigenvalue weighted by atomic mass is 10.1. The minimum Gasteiger partial charge on any atom is -0.454 e. The predicted molar refractivity (Wildman–Crippen MR) is 131 cm³/mol. The molecule has 9 heteroatoms. The molecule has 31 heavy (non-hydrogen) atoms. The summed E-state index contributed by atoms with van der Waals surface area (Å²) < 4.78 is 12.8. The van der Waals surface area contributed by atoms with Crippen molar-refractivity contribution in [3.05, 3.63) is 65.9 Å². The van der Waals surface area contributed by atoms with Crippen molar-refractivity contribution in [3.8, 4) is 17.3 Å². The molecule has 3 aromatic rings. The molecule has 8 nitrogen and oxygen atoms in total. The fourth-order valence-electron chi connectivity index (χ4n) is 3.21. The van der Waals surface area contributed by atoms with Crippen LogP contribution in [-0.2, 0) is 13.0 Å². The van der Waals surface area contributed by atoms with Crippen LogP contribution in [0.1, 0.15) is 23.9 Å². The first-order valence-corrected chi connectivity index (χ1v) is 10.1. The van der Waals surface area contributed by atoms with E-state index in [2.05, 4.69) is 38.6 Å². The number of ether oxygens (including phenoxy) is 2. The number of fused-ring (bicyclic) bond motifs is 1. The van der Waals surface area contributed by atoms with Crippen LogP contribution < -0.4 is 20.1 Å². The highest BCUT2D eigenvalue weighted by Gasteiger charge is 2.13. The van der Waals surface area contributed by atoms with Crippen LogP contribution in [0.5, 0.6) is 11.5 Å². The third-order valence-electron chi connectivity index (χ3n) is 4.79. The molecule has 4 rings (SSSR count). The second-order valence-electron chi connectivity index (χ2n) is 6.93. The van der Waals surface area contributed by atoms with E-state index in [0.717, 1.165) is 54.2 Å². The van der Waals surface area contributed by atoms with Crippen molar-refractivity contribution in [1.82, 2.24) is 25.2 Å². The van der Waals surface area contributed by atoms with Crippen LogP contribution in [-0.4, -0.2) is 40.4 Å². The van der Waals surface area contributed by atoms with Gasteiger partial charge in [-0.2, -0.15) is 0 Å². The van der Waals surface area contributed by atoms with Gasteiger partial charge < -0.3 is 20.1 Å². The quantitative estimate of drug-likeness (QED) is 0.275. The van der Waals surface area contributed by atoms with E-state index in [1.807, 2.05) is 48.1 Å². The molecule has 0 saturated carbocycles. The summed E-state index contributed by atoms with van der Waals surface area (Å²) >= 11 is 0. The second kappa shape index (κ2) is 11.0. The van der Waals surface area contributed by atoms with Crippen LogP contribution in [0.2, 0.25) is 0 Å². The molecule has 0 radical (unpaired) electrons. The molecular weight excluding hydrogens is 507 g/mol. The van der Waals surface area contributed by atoms with E-state index in [1.165, 1.54) is 5.56 Å². The number of pyridine rings is 1. The summed E-state index contributed by atoms with van der Waals surface area (Å²) in [5.41, 5.74) is 2.24. The maximum absolute atomic E-state index is 5.44. The average molecular weight is 534 g/mol. The van der Waals surface area contributed by atoms with Gasteiger partial charge in [0, 0.05) is 31.7 Å². The van der Waals surface area contributed by atoms with Gasteiger partial charge in [-0.1, -0.05) is 12.1 Å². The van der Waals surface area contributed by atoms with Crippen molar-refractivity contribution >= 4 is 29.9 Å². The van der Waals surface area contributed by atoms with Gasteiger partial charge in [0.2, 0.25) is 6.79 Å². The Hall–Kier alpha value is -2.82. The lowest BCUT2D eigenvalue weighted by Crippen LogP contribution is -2.38. The first-order chi connectivity index (χ1) is 14.7. The summed E-state index contributed by atoms with van der Waals surface area (Å²) in [6, 6.07) is 10.1. The fourth-order valence-corrected chi connectivity index (χ4v) is 3.21. The van der Waals surface area contributed by atoms with E-state index in [9.17, 15) is 0 Å². The van der Waals surface area contributed by atoms with Crippen molar-refractivity contribution in [1.29, 1.82) is 0 Å². The molecule has 2 aromatic heterocycles. The summed E-state index contributed by atoms with van der Waals surface area (Å²) in [4.78, 5) is 13.4. The van der Waals surface area contributed by atoms with Gasteiger partial charge >= 0.3 is 0 Å². The molecule has 0 spiro atoms. The van der Waals surface area contributed by atoms with E-state index >= 15 is 0 Å². The Kier molecular flexibility index (Phi) is 8.10. The molecule has 0 aliphatic carbocycles. The number of rotatable bonds is 7. The van der Waals surface area contributed by atoms with Crippen molar-refractivity contribution in [2.45, 2.75) is 26.8 Å². The number of benzene rings is 1. The first-order valence-electron chi connectivity index (χ1n) is 10.1. The molecule has 1 aliphatic rings. The molecule has 2 N–H and O–H groups in total. The highest BCUT2D eigenvalue weighted by molar-refractivity contribution is 14.0. The smallest absolute Gasteiger partial charge is 0.231 e. The van der Waals surface area contributed by atoms with Gasteiger partial charge in [-0.25, -0.2) is 15.0 Å². The number of nitrogens with zero attached hydrogens (tertiary/aromatic N) is 4. The van der Waals surface area contributed by atoms with Gasteiger partial charge in [0.15, 0.2) is 17.5 Å². The largest absolute Gasteiger partial charge is 0.454 e. The summed E-state index contributed by atoms with van der Waals surface area (Å²) in [7, 11) is 0. The normalized spacial score (nSPS) is 12.4. The lowest BCUT2D eigenvalue weighted by Gasteiger charge is -2.12. The molecule has 0 saturated heterocycles. The molecule has 0 atom stereocenters. The third kappa shape index (κ3) is 5.87. The number of aromatic nitrogens is 3. The molecule has 0 unspecified atom stereocenters. The van der Waals surface area contributed by atoms with Crippen molar-refractivity contribution in [2.75, 3.05) is 19.9 Å². The van der Waals surface area contributed by atoms with E-state index in [4.69, 9.17) is 9.47 Å². The number of hydrogen-bond donors (Lipinski definition) is 2. The van der Waals surface area contributed by atoms with Crippen LogP contribution in [0.25, 0.3) is 5.82 Å². The van der Waals surface area contributed by atoms with Crippen molar-refractivity contribution in [2.24, 2.45) is 4.99 Å². The summed E-state index contributed by atoms with van der Waals surface area (Å²) in [6.45, 7) is 6.42. The Morgan fingerprint density at radius 1 is 1.10 bits per heavy atom. The summed E-state index contributed by atoms with van der Waals surface area (Å²) in [5.74, 6) is 4.17. The highest BCUT2D eigenvalue weighted by atomic mass is 127. The second-order valence-corrected chi connectivity index (χ2v) is 6.93. The zero-order valence-electron chi connectivity index (χ0n) is 17.7. The maximum Gasteiger partial charge on any atom is 0.231 e. The Bertz CT molecular complexity index is 1020. The summed E-state index contributed by atoms with van der Waals surface area (Å²) in [5, 5.41) is 6.67. The highest BCUT2D eigenvalue weighted by Crippen LogP contribution is 2.32. The van der Waals surface area contributed by atoms with Gasteiger partial charge in [0.25, 0.3) is 0 Å². The molecule has 0 fully saturated rings. The van der Waals surface area contributed by atoms with Crippen LogP contribution >= 0.6 is 24.0 Å². The third-order valence-corrected chi connectivity index (χ3v) is 4.79. The number of aryl methyl sites for hydroxylation is 1. The fraction of sp³-hybridized carbons (Fsp3) is 0.318. The topological polar surface area (TPSA) is 85.6 Å². The van der Waals surface area contributed by atoms with Gasteiger partial charge in [-0.05, 0) is 49.6 Å². The number of halogens is 1. The number of guanidine groups is 1. The minimum atomic E-state index is 0. The number of aliphatic imine (C=N–C) groups is 1. The van der Waals surface area contributed by atoms with Gasteiger partial charge in [-0.3, -0.25) is 4.57 Å². The standard InChI is InChI=1S/C22H26N6O2.HI/c1-3-23-22(25-9-8-17-4-6-19-20(12-17)30-15-29-19)27-14-18-5-7-21(26-13-18)28-11-10-24-16(28)2;/h4-7,10-13H,3,8-9,14-15H2,1-2H3,(H2,23,25,27);1H. The van der Waals surface area contributed by atoms with Crippen LogP contribution in [0.15, 0.2) is 53.9 Å². The Balaban J connectivity index is 0.00000272. The van der Waals surface area contributed by atoms with Gasteiger partial charge in [-0.15, -0.1) is 24.0 Å². The number of hydrogen-bond acceptors (Lipinski definition) is 5. The molecular formula is C22H27IN6O2. The number of imidazole rings is 1. The van der Waals surface area contributed by atoms with E-state index < -0.39 is 0 Å². The molecule has 1 aromatic carbocycles. The molecule has 1 aliphatic heterocycles. The van der Waals surface area contributed by atoms with E-state index in [-0.39, 0.29) is 24.0 Å².